The van der Waals surface area contributed by atoms with Gasteiger partial charge < -0.3 is 15.3 Å². The Labute approximate surface area is 126 Å². The molecule has 7 heteroatoms. The standard InChI is InChI=1S/C14H16ClFN2O3/c1-8-4-5-18(7-12(8)19)14(21)13(20)17-11-3-2-9(16)6-10(11)15/h2-3,6,8,12,19H,4-5,7H2,1H3,(H,17,20). The number of amides is 2. The minimum absolute atomic E-state index is 0.0171. The molecule has 21 heavy (non-hydrogen) atoms. The summed E-state index contributed by atoms with van der Waals surface area (Å²) < 4.78 is 12.9. The molecule has 1 aliphatic rings. The van der Waals surface area contributed by atoms with Crippen LogP contribution in [0.15, 0.2) is 18.2 Å². The number of aliphatic hydroxyl groups is 1. The van der Waals surface area contributed by atoms with E-state index in [0.29, 0.717) is 13.0 Å². The molecule has 1 heterocycles. The van der Waals surface area contributed by atoms with Crippen molar-refractivity contribution >= 4 is 29.1 Å². The molecule has 2 amide bonds. The number of anilines is 1. The molecule has 1 aromatic rings. The van der Waals surface area contributed by atoms with Crippen LogP contribution in [0.3, 0.4) is 0 Å². The molecule has 1 aliphatic heterocycles. The van der Waals surface area contributed by atoms with Gasteiger partial charge in [0.15, 0.2) is 0 Å². The lowest BCUT2D eigenvalue weighted by Gasteiger charge is -2.33. The van der Waals surface area contributed by atoms with Gasteiger partial charge in [0.25, 0.3) is 0 Å². The lowest BCUT2D eigenvalue weighted by atomic mass is 9.96. The second kappa shape index (κ2) is 6.41. The van der Waals surface area contributed by atoms with E-state index < -0.39 is 23.7 Å². The summed E-state index contributed by atoms with van der Waals surface area (Å²) in [6.45, 7) is 2.44. The Morgan fingerprint density at radius 1 is 1.48 bits per heavy atom. The quantitative estimate of drug-likeness (QED) is 0.774. The van der Waals surface area contributed by atoms with Gasteiger partial charge in [-0.2, -0.15) is 0 Å². The topological polar surface area (TPSA) is 69.6 Å². The molecular weight excluding hydrogens is 299 g/mol. The summed E-state index contributed by atoms with van der Waals surface area (Å²) in [6, 6.07) is 3.47. The van der Waals surface area contributed by atoms with Crippen molar-refractivity contribution in [2.75, 3.05) is 18.4 Å². The Hall–Kier alpha value is -1.66. The Balaban J connectivity index is 2.01. The third-order valence-electron chi connectivity index (χ3n) is 3.58. The van der Waals surface area contributed by atoms with Crippen LogP contribution in [0.5, 0.6) is 0 Å². The van der Waals surface area contributed by atoms with Gasteiger partial charge in [0.05, 0.1) is 16.8 Å². The highest BCUT2D eigenvalue weighted by Gasteiger charge is 2.30. The van der Waals surface area contributed by atoms with Gasteiger partial charge in [0.2, 0.25) is 0 Å². The van der Waals surface area contributed by atoms with Crippen LogP contribution in [0, 0.1) is 11.7 Å². The van der Waals surface area contributed by atoms with Gasteiger partial charge >= 0.3 is 11.8 Å². The summed E-state index contributed by atoms with van der Waals surface area (Å²) in [7, 11) is 0. The van der Waals surface area contributed by atoms with E-state index in [9.17, 15) is 19.1 Å². The summed E-state index contributed by atoms with van der Waals surface area (Å²) in [5, 5.41) is 12.1. The number of piperidine rings is 1. The van der Waals surface area contributed by atoms with Gasteiger partial charge in [-0.1, -0.05) is 18.5 Å². The smallest absolute Gasteiger partial charge is 0.313 e. The van der Waals surface area contributed by atoms with Gasteiger partial charge in [-0.25, -0.2) is 4.39 Å². The second-order valence-electron chi connectivity index (χ2n) is 5.16. The van der Waals surface area contributed by atoms with Crippen LogP contribution in [-0.2, 0) is 9.59 Å². The molecule has 0 aliphatic carbocycles. The van der Waals surface area contributed by atoms with Crippen molar-refractivity contribution in [3.05, 3.63) is 29.0 Å². The van der Waals surface area contributed by atoms with Crippen molar-refractivity contribution in [2.24, 2.45) is 5.92 Å². The van der Waals surface area contributed by atoms with Crippen molar-refractivity contribution in [2.45, 2.75) is 19.4 Å². The summed E-state index contributed by atoms with van der Waals surface area (Å²) in [6.07, 6.45) is 0.00206. The normalized spacial score (nSPS) is 22.0. The predicted octanol–water partition coefficient (Wildman–Crippen LogP) is 1.65. The average Bonchev–Trinajstić information content (AvgIpc) is 2.44. The van der Waals surface area contributed by atoms with Crippen LogP contribution in [0.25, 0.3) is 0 Å². The fourth-order valence-electron chi connectivity index (χ4n) is 2.14. The van der Waals surface area contributed by atoms with E-state index in [4.69, 9.17) is 11.6 Å². The molecule has 0 aromatic heterocycles. The molecule has 5 nitrogen and oxygen atoms in total. The molecule has 2 unspecified atom stereocenters. The first-order valence-corrected chi connectivity index (χ1v) is 6.99. The molecule has 0 saturated carbocycles. The fraction of sp³-hybridized carbons (Fsp3) is 0.429. The number of hydrogen-bond acceptors (Lipinski definition) is 3. The third kappa shape index (κ3) is 3.71. The number of benzene rings is 1. The van der Waals surface area contributed by atoms with E-state index in [-0.39, 0.29) is 23.2 Å². The maximum Gasteiger partial charge on any atom is 0.313 e. The van der Waals surface area contributed by atoms with Crippen molar-refractivity contribution in [3.8, 4) is 0 Å². The summed E-state index contributed by atoms with van der Waals surface area (Å²) in [5.41, 5.74) is 0.169. The predicted molar refractivity (Wildman–Crippen MR) is 76.4 cm³/mol. The lowest BCUT2D eigenvalue weighted by molar-refractivity contribution is -0.146. The van der Waals surface area contributed by atoms with Crippen molar-refractivity contribution < 1.29 is 19.1 Å². The number of rotatable bonds is 1. The zero-order chi connectivity index (χ0) is 15.6. The van der Waals surface area contributed by atoms with Crippen LogP contribution >= 0.6 is 11.6 Å². The first-order chi connectivity index (χ1) is 9.88. The first kappa shape index (κ1) is 15.7. The molecule has 114 valence electrons. The fourth-order valence-corrected chi connectivity index (χ4v) is 2.36. The Bertz CT molecular complexity index is 567. The van der Waals surface area contributed by atoms with Gasteiger partial charge in [-0.3, -0.25) is 9.59 Å². The highest BCUT2D eigenvalue weighted by Crippen LogP contribution is 2.23. The van der Waals surface area contributed by atoms with Crippen LogP contribution in [0.1, 0.15) is 13.3 Å². The molecule has 1 saturated heterocycles. The largest absolute Gasteiger partial charge is 0.391 e. The Morgan fingerprint density at radius 3 is 2.81 bits per heavy atom. The van der Waals surface area contributed by atoms with Crippen molar-refractivity contribution in [3.63, 3.8) is 0 Å². The number of β-amino-alcohol motifs (C(OH)–C–C–N with tert-alkyl or cyclic N) is 1. The molecule has 1 fully saturated rings. The highest BCUT2D eigenvalue weighted by molar-refractivity contribution is 6.41. The monoisotopic (exact) mass is 314 g/mol. The maximum atomic E-state index is 12.9. The number of aliphatic hydroxyl groups excluding tert-OH is 1. The number of nitrogens with zero attached hydrogens (tertiary/aromatic N) is 1. The van der Waals surface area contributed by atoms with Crippen LogP contribution in [0.4, 0.5) is 10.1 Å². The summed E-state index contributed by atoms with van der Waals surface area (Å²) in [4.78, 5) is 25.2. The Morgan fingerprint density at radius 2 is 2.19 bits per heavy atom. The average molecular weight is 315 g/mol. The van der Waals surface area contributed by atoms with Crippen LogP contribution < -0.4 is 5.32 Å². The highest BCUT2D eigenvalue weighted by atomic mass is 35.5. The van der Waals surface area contributed by atoms with Crippen LogP contribution in [0.2, 0.25) is 5.02 Å². The van der Waals surface area contributed by atoms with E-state index in [1.54, 1.807) is 0 Å². The third-order valence-corrected chi connectivity index (χ3v) is 3.89. The maximum absolute atomic E-state index is 12.9. The molecule has 2 N–H and O–H groups in total. The molecule has 2 atom stereocenters. The molecule has 0 spiro atoms. The first-order valence-electron chi connectivity index (χ1n) is 6.62. The van der Waals surface area contributed by atoms with E-state index >= 15 is 0 Å². The van der Waals surface area contributed by atoms with E-state index in [1.807, 2.05) is 6.92 Å². The number of hydrogen-bond donors (Lipinski definition) is 2. The zero-order valence-electron chi connectivity index (χ0n) is 11.5. The summed E-state index contributed by atoms with van der Waals surface area (Å²) in [5.74, 6) is -2.02. The van der Waals surface area contributed by atoms with Crippen LogP contribution in [-0.4, -0.2) is 41.0 Å². The number of carbonyl (C=O) groups excluding carboxylic acids is 2. The molecule has 1 aromatic carbocycles. The van der Waals surface area contributed by atoms with Gasteiger partial charge in [0.1, 0.15) is 5.82 Å². The SMILES string of the molecule is CC1CCN(C(=O)C(=O)Nc2ccc(F)cc2Cl)CC1O. The molecular formula is C14H16ClFN2O3. The summed E-state index contributed by atoms with van der Waals surface area (Å²) >= 11 is 5.79. The minimum atomic E-state index is -0.856. The van der Waals surface area contributed by atoms with Gasteiger partial charge in [-0.05, 0) is 30.5 Å². The number of carbonyl (C=O) groups is 2. The molecule has 0 radical (unpaired) electrons. The lowest BCUT2D eigenvalue weighted by Crippen LogP contribution is -2.49. The van der Waals surface area contributed by atoms with E-state index in [1.165, 1.54) is 11.0 Å². The molecule has 2 rings (SSSR count). The van der Waals surface area contributed by atoms with E-state index in [2.05, 4.69) is 5.32 Å². The van der Waals surface area contributed by atoms with E-state index in [0.717, 1.165) is 12.1 Å². The minimum Gasteiger partial charge on any atom is -0.391 e. The van der Waals surface area contributed by atoms with Gasteiger partial charge in [-0.15, -0.1) is 0 Å². The van der Waals surface area contributed by atoms with Gasteiger partial charge in [0, 0.05) is 13.1 Å². The zero-order valence-corrected chi connectivity index (χ0v) is 12.2. The second-order valence-corrected chi connectivity index (χ2v) is 5.57. The number of halogens is 2. The van der Waals surface area contributed by atoms with Crippen molar-refractivity contribution in [1.29, 1.82) is 0 Å². The number of nitrogens with one attached hydrogen (secondary N) is 1. The van der Waals surface area contributed by atoms with Crippen molar-refractivity contribution in [1.82, 2.24) is 4.90 Å². The molecule has 0 bridgehead atoms. The number of likely N-dealkylation sites (tertiary alicyclic amines) is 1. The Kier molecular flexibility index (Phi) is 4.80.